The maximum Gasteiger partial charge on any atom is 0.335 e. The zero-order valence-electron chi connectivity index (χ0n) is 19.4. The van der Waals surface area contributed by atoms with Gasteiger partial charge in [0.15, 0.2) is 0 Å². The Morgan fingerprint density at radius 1 is 1.03 bits per heavy atom. The number of rotatable bonds is 7. The van der Waals surface area contributed by atoms with Gasteiger partial charge in [0.05, 0.1) is 27.8 Å². The minimum absolute atomic E-state index is 0.127. The average molecular weight is 512 g/mol. The number of halogens is 2. The predicted molar refractivity (Wildman–Crippen MR) is 134 cm³/mol. The van der Waals surface area contributed by atoms with E-state index in [0.29, 0.717) is 28.1 Å². The number of hydrogen-bond acceptors (Lipinski definition) is 4. The van der Waals surface area contributed by atoms with Crippen LogP contribution in [0.15, 0.2) is 47.0 Å². The highest BCUT2D eigenvalue weighted by atomic mass is 35.5. The molecule has 1 aromatic heterocycles. The van der Waals surface area contributed by atoms with Crippen LogP contribution in [0.4, 0.5) is 0 Å². The number of carbonyl (C=O) groups is 1. The van der Waals surface area contributed by atoms with Crippen molar-refractivity contribution >= 4 is 29.2 Å². The highest BCUT2D eigenvalue weighted by Gasteiger charge is 2.50. The molecular weight excluding hydrogens is 485 g/mol. The fraction of sp³-hybridized carbons (Fsp3) is 0.429. The second-order valence-electron chi connectivity index (χ2n) is 10.4. The van der Waals surface area contributed by atoms with Gasteiger partial charge in [-0.05, 0) is 86.6 Å². The van der Waals surface area contributed by atoms with Gasteiger partial charge < -0.3 is 14.4 Å². The zero-order valence-corrected chi connectivity index (χ0v) is 20.9. The largest absolute Gasteiger partial charge is 0.478 e. The van der Waals surface area contributed by atoms with Crippen LogP contribution in [0.1, 0.15) is 78.1 Å². The van der Waals surface area contributed by atoms with Gasteiger partial charge in [0.1, 0.15) is 11.5 Å². The molecule has 0 amide bonds. The Morgan fingerprint density at radius 2 is 1.71 bits per heavy atom. The van der Waals surface area contributed by atoms with Crippen LogP contribution in [0.2, 0.25) is 10.0 Å². The second kappa shape index (κ2) is 8.65. The Balaban J connectivity index is 1.22. The number of benzene rings is 2. The van der Waals surface area contributed by atoms with E-state index in [0.717, 1.165) is 79.5 Å². The van der Waals surface area contributed by atoms with Gasteiger partial charge in [-0.25, -0.2) is 4.79 Å². The highest BCUT2D eigenvalue weighted by molar-refractivity contribution is 6.39. The summed E-state index contributed by atoms with van der Waals surface area (Å²) in [6.07, 6.45) is 8.18. The van der Waals surface area contributed by atoms with E-state index < -0.39 is 5.97 Å². The topological polar surface area (TPSA) is 72.6 Å². The van der Waals surface area contributed by atoms with Gasteiger partial charge in [-0.1, -0.05) is 46.6 Å². The van der Waals surface area contributed by atoms with E-state index in [4.69, 9.17) is 32.5 Å². The lowest BCUT2D eigenvalue weighted by molar-refractivity contribution is -0.191. The van der Waals surface area contributed by atoms with Crippen LogP contribution >= 0.6 is 23.2 Å². The number of aromatic carboxylic acids is 1. The first-order chi connectivity index (χ1) is 16.9. The Hall–Kier alpha value is -2.34. The summed E-state index contributed by atoms with van der Waals surface area (Å²) in [5, 5.41) is 14.8. The van der Waals surface area contributed by atoms with E-state index in [1.807, 2.05) is 30.3 Å². The molecule has 2 aliphatic carbocycles. The van der Waals surface area contributed by atoms with Crippen LogP contribution in [0, 0.1) is 5.41 Å². The van der Waals surface area contributed by atoms with E-state index >= 15 is 0 Å². The minimum Gasteiger partial charge on any atom is -0.478 e. The molecule has 2 bridgehead atoms. The number of ether oxygens (including phenoxy) is 1. The Labute approximate surface area is 214 Å². The number of fused-ring (bicyclic) bond motifs is 3. The molecule has 3 aromatic rings. The van der Waals surface area contributed by atoms with Crippen LogP contribution in [0.3, 0.4) is 0 Å². The molecular formula is C28H27Cl2NO4. The third-order valence-electron chi connectivity index (χ3n) is 8.30. The molecule has 0 unspecified atom stereocenters. The fourth-order valence-electron chi connectivity index (χ4n) is 5.92. The standard InChI is InChI=1S/C28H27Cl2NO4/c29-21-2-1-3-22(30)23(21)24-20(25(35-31-24)17-4-5-17)10-11-27-12-14-28(15-13-27,34-16-27)19-8-6-18(7-9-19)26(32)33/h1-3,6-9,17H,4-5,10-16H2,(H,32,33). The van der Waals surface area contributed by atoms with Crippen LogP contribution in [0.5, 0.6) is 0 Å². The molecule has 182 valence electrons. The quantitative estimate of drug-likeness (QED) is 0.352. The zero-order chi connectivity index (χ0) is 24.2. The van der Waals surface area contributed by atoms with Crippen molar-refractivity contribution in [1.82, 2.24) is 5.16 Å². The molecule has 0 atom stereocenters. The summed E-state index contributed by atoms with van der Waals surface area (Å²) in [5.74, 6) is 0.534. The van der Waals surface area contributed by atoms with E-state index in [1.54, 1.807) is 12.1 Å². The normalized spacial score (nSPS) is 25.7. The van der Waals surface area contributed by atoms with Gasteiger partial charge in [-0.15, -0.1) is 0 Å². The molecule has 4 fully saturated rings. The predicted octanol–water partition coefficient (Wildman–Crippen LogP) is 7.64. The third-order valence-corrected chi connectivity index (χ3v) is 8.93. The van der Waals surface area contributed by atoms with Gasteiger partial charge in [0.25, 0.3) is 0 Å². The molecule has 0 spiro atoms. The monoisotopic (exact) mass is 511 g/mol. The second-order valence-corrected chi connectivity index (χ2v) is 11.2. The SMILES string of the molecule is O=C(O)c1ccc(C23CCC(CCc4c(-c5c(Cl)cccc5Cl)noc4C4CC4)(CC2)CO3)cc1. The highest BCUT2D eigenvalue weighted by Crippen LogP contribution is 2.56. The van der Waals surface area contributed by atoms with Gasteiger partial charge in [0, 0.05) is 17.0 Å². The van der Waals surface area contributed by atoms with Crippen LogP contribution < -0.4 is 0 Å². The van der Waals surface area contributed by atoms with Crippen molar-refractivity contribution in [2.24, 2.45) is 5.41 Å². The summed E-state index contributed by atoms with van der Waals surface area (Å²) < 4.78 is 12.4. The van der Waals surface area contributed by atoms with E-state index in [-0.39, 0.29) is 11.0 Å². The van der Waals surface area contributed by atoms with Crippen molar-refractivity contribution in [2.45, 2.75) is 62.9 Å². The lowest BCUT2D eigenvalue weighted by Gasteiger charge is -2.53. The molecule has 2 saturated carbocycles. The molecule has 4 aliphatic rings. The van der Waals surface area contributed by atoms with Crippen LogP contribution in [0.25, 0.3) is 11.3 Å². The summed E-state index contributed by atoms with van der Waals surface area (Å²) in [5.41, 5.74) is 3.89. The molecule has 35 heavy (non-hydrogen) atoms. The molecule has 0 radical (unpaired) electrons. The molecule has 2 aliphatic heterocycles. The van der Waals surface area contributed by atoms with Gasteiger partial charge in [-0.2, -0.15) is 0 Å². The van der Waals surface area contributed by atoms with Crippen molar-refractivity contribution in [2.75, 3.05) is 6.61 Å². The molecule has 7 heteroatoms. The van der Waals surface area contributed by atoms with Crippen molar-refractivity contribution < 1.29 is 19.2 Å². The average Bonchev–Trinajstić information content (AvgIpc) is 3.64. The van der Waals surface area contributed by atoms with E-state index in [2.05, 4.69) is 5.16 Å². The molecule has 1 N–H and O–H groups in total. The first-order valence-corrected chi connectivity index (χ1v) is 13.1. The summed E-state index contributed by atoms with van der Waals surface area (Å²) in [6, 6.07) is 12.7. The fourth-order valence-corrected chi connectivity index (χ4v) is 6.49. The Bertz CT molecular complexity index is 1230. The Morgan fingerprint density at radius 3 is 2.29 bits per heavy atom. The number of carboxylic acids is 1. The molecule has 3 heterocycles. The maximum atomic E-state index is 11.2. The summed E-state index contributed by atoms with van der Waals surface area (Å²) in [4.78, 5) is 11.2. The number of carboxylic acid groups (broad SMARTS) is 1. The minimum atomic E-state index is -0.905. The first-order valence-electron chi connectivity index (χ1n) is 12.3. The van der Waals surface area contributed by atoms with Crippen LogP contribution in [-0.4, -0.2) is 22.8 Å². The first kappa shape index (κ1) is 23.1. The van der Waals surface area contributed by atoms with Crippen LogP contribution in [-0.2, 0) is 16.8 Å². The number of hydrogen-bond donors (Lipinski definition) is 1. The third kappa shape index (κ3) is 4.08. The van der Waals surface area contributed by atoms with Gasteiger partial charge in [-0.3, -0.25) is 0 Å². The molecule has 2 aromatic carbocycles. The van der Waals surface area contributed by atoms with Gasteiger partial charge in [0.2, 0.25) is 0 Å². The lowest BCUT2D eigenvalue weighted by atomic mass is 9.62. The van der Waals surface area contributed by atoms with Crippen molar-refractivity contribution in [3.8, 4) is 11.3 Å². The summed E-state index contributed by atoms with van der Waals surface area (Å²) in [6.45, 7) is 0.708. The maximum absolute atomic E-state index is 11.2. The number of nitrogens with zero attached hydrogens (tertiary/aromatic N) is 1. The molecule has 7 rings (SSSR count). The van der Waals surface area contributed by atoms with E-state index in [9.17, 15) is 9.90 Å². The smallest absolute Gasteiger partial charge is 0.335 e. The number of aromatic nitrogens is 1. The van der Waals surface area contributed by atoms with Crippen molar-refractivity contribution in [1.29, 1.82) is 0 Å². The Kier molecular flexibility index (Phi) is 5.70. The molecule has 5 nitrogen and oxygen atoms in total. The van der Waals surface area contributed by atoms with Crippen molar-refractivity contribution in [3.05, 3.63) is 75.0 Å². The van der Waals surface area contributed by atoms with E-state index in [1.165, 1.54) is 0 Å². The molecule has 2 saturated heterocycles. The van der Waals surface area contributed by atoms with Gasteiger partial charge >= 0.3 is 5.97 Å². The summed E-state index contributed by atoms with van der Waals surface area (Å²) >= 11 is 13.1. The summed E-state index contributed by atoms with van der Waals surface area (Å²) in [7, 11) is 0. The van der Waals surface area contributed by atoms with Crippen molar-refractivity contribution in [3.63, 3.8) is 0 Å². The lowest BCUT2D eigenvalue weighted by Crippen LogP contribution is -2.49.